The molecule has 0 radical (unpaired) electrons. The molecule has 0 spiro atoms. The van der Waals surface area contributed by atoms with Crippen LogP contribution in [0.1, 0.15) is 6.42 Å². The van der Waals surface area contributed by atoms with Crippen molar-refractivity contribution in [2.24, 2.45) is 11.7 Å². The third-order valence-corrected chi connectivity index (χ3v) is 3.67. The van der Waals surface area contributed by atoms with Crippen LogP contribution in [0.5, 0.6) is 5.75 Å². The number of hydrogen-bond donors (Lipinski definition) is 1. The maximum absolute atomic E-state index is 13.1. The minimum Gasteiger partial charge on any atom is -0.492 e. The monoisotopic (exact) mass is 352 g/mol. The van der Waals surface area contributed by atoms with Crippen LogP contribution in [0.3, 0.4) is 0 Å². The van der Waals surface area contributed by atoms with Crippen molar-refractivity contribution >= 4 is 28.3 Å². The quantitative estimate of drug-likeness (QED) is 0.884. The zero-order valence-corrected chi connectivity index (χ0v) is 13.1. The van der Waals surface area contributed by atoms with Gasteiger partial charge in [0.25, 0.3) is 0 Å². The minimum absolute atomic E-state index is 0. The third kappa shape index (κ3) is 5.26. The first-order valence-electron chi connectivity index (χ1n) is 6.18. The Labute approximate surface area is 127 Å². The van der Waals surface area contributed by atoms with E-state index in [1.165, 1.54) is 18.6 Å². The Morgan fingerprint density at radius 1 is 1.42 bits per heavy atom. The lowest BCUT2D eigenvalue weighted by atomic mass is 10.1. The van der Waals surface area contributed by atoms with Gasteiger partial charge in [0.1, 0.15) is 18.2 Å². The summed E-state index contributed by atoms with van der Waals surface area (Å²) in [6.45, 7) is 4.33. The molecular formula is C13H19BrClFN2O. The second kappa shape index (κ2) is 8.04. The van der Waals surface area contributed by atoms with E-state index in [4.69, 9.17) is 10.5 Å². The number of hydrogen-bond acceptors (Lipinski definition) is 3. The molecule has 1 unspecified atom stereocenters. The van der Waals surface area contributed by atoms with Crippen LogP contribution in [0.15, 0.2) is 22.7 Å². The highest BCUT2D eigenvalue weighted by atomic mass is 79.9. The Bertz CT molecular complexity index is 388. The van der Waals surface area contributed by atoms with Crippen LogP contribution in [-0.2, 0) is 0 Å². The van der Waals surface area contributed by atoms with Crippen LogP contribution < -0.4 is 10.5 Å². The molecule has 0 bridgehead atoms. The summed E-state index contributed by atoms with van der Waals surface area (Å²) in [6, 6.07) is 4.59. The zero-order chi connectivity index (χ0) is 13.0. The Morgan fingerprint density at radius 3 is 2.84 bits per heavy atom. The van der Waals surface area contributed by atoms with Crippen LogP contribution in [0, 0.1) is 11.7 Å². The van der Waals surface area contributed by atoms with Gasteiger partial charge in [0, 0.05) is 23.6 Å². The number of likely N-dealkylation sites (tertiary alicyclic amines) is 1. The second-order valence-corrected chi connectivity index (χ2v) is 5.56. The van der Waals surface area contributed by atoms with Gasteiger partial charge >= 0.3 is 0 Å². The predicted octanol–water partition coefficient (Wildman–Crippen LogP) is 2.67. The molecule has 108 valence electrons. The summed E-state index contributed by atoms with van der Waals surface area (Å²) in [4.78, 5) is 2.34. The summed E-state index contributed by atoms with van der Waals surface area (Å²) < 4.78 is 19.4. The normalized spacial score (nSPS) is 19.2. The first-order valence-corrected chi connectivity index (χ1v) is 6.98. The van der Waals surface area contributed by atoms with Crippen molar-refractivity contribution in [2.45, 2.75) is 6.42 Å². The lowest BCUT2D eigenvalue weighted by Crippen LogP contribution is -2.27. The standard InChI is InChI=1S/C13H18BrFN2O.ClH/c14-11-5-12(15)7-13(6-11)18-4-3-17-2-1-10(8-16)9-17;/h5-7,10H,1-4,8-9,16H2;1H. The molecule has 0 aliphatic carbocycles. The number of nitrogens with zero attached hydrogens (tertiary/aromatic N) is 1. The van der Waals surface area contributed by atoms with Crippen molar-refractivity contribution in [3.8, 4) is 5.75 Å². The average Bonchev–Trinajstić information content (AvgIpc) is 2.76. The fourth-order valence-corrected chi connectivity index (χ4v) is 2.66. The largest absolute Gasteiger partial charge is 0.492 e. The van der Waals surface area contributed by atoms with Gasteiger partial charge in [-0.05, 0) is 37.6 Å². The molecule has 3 nitrogen and oxygen atoms in total. The number of rotatable bonds is 5. The summed E-state index contributed by atoms with van der Waals surface area (Å²) in [5.74, 6) is 0.897. The van der Waals surface area contributed by atoms with E-state index in [9.17, 15) is 4.39 Å². The lowest BCUT2D eigenvalue weighted by molar-refractivity contribution is 0.232. The first-order chi connectivity index (χ1) is 8.67. The summed E-state index contributed by atoms with van der Waals surface area (Å²) >= 11 is 3.24. The number of benzene rings is 1. The molecule has 0 aromatic heterocycles. The molecule has 1 aromatic rings. The minimum atomic E-state index is -0.288. The molecule has 1 atom stereocenters. The molecule has 19 heavy (non-hydrogen) atoms. The van der Waals surface area contributed by atoms with Gasteiger partial charge in [-0.3, -0.25) is 4.90 Å². The highest BCUT2D eigenvalue weighted by molar-refractivity contribution is 9.10. The van der Waals surface area contributed by atoms with E-state index in [1.54, 1.807) is 6.07 Å². The van der Waals surface area contributed by atoms with Crippen molar-refractivity contribution in [3.05, 3.63) is 28.5 Å². The van der Waals surface area contributed by atoms with Gasteiger partial charge in [-0.25, -0.2) is 4.39 Å². The summed E-state index contributed by atoms with van der Waals surface area (Å²) in [6.07, 6.45) is 1.17. The first kappa shape index (κ1) is 16.7. The van der Waals surface area contributed by atoms with Crippen LogP contribution in [0.2, 0.25) is 0 Å². The molecule has 1 aliphatic heterocycles. The molecule has 1 saturated heterocycles. The Kier molecular flexibility index (Phi) is 7.07. The molecule has 0 saturated carbocycles. The highest BCUT2D eigenvalue weighted by Gasteiger charge is 2.20. The van der Waals surface area contributed by atoms with Crippen LogP contribution in [-0.4, -0.2) is 37.7 Å². The number of halogens is 3. The molecule has 6 heteroatoms. The van der Waals surface area contributed by atoms with E-state index in [0.717, 1.165) is 26.2 Å². The Hall–Kier alpha value is -0.360. The van der Waals surface area contributed by atoms with Gasteiger partial charge in [-0.2, -0.15) is 0 Å². The van der Waals surface area contributed by atoms with E-state index < -0.39 is 0 Å². The van der Waals surface area contributed by atoms with Crippen LogP contribution in [0.4, 0.5) is 4.39 Å². The number of nitrogens with two attached hydrogens (primary N) is 1. The van der Waals surface area contributed by atoms with Gasteiger partial charge in [-0.15, -0.1) is 12.4 Å². The van der Waals surface area contributed by atoms with Gasteiger partial charge < -0.3 is 10.5 Å². The van der Waals surface area contributed by atoms with Crippen LogP contribution in [0.25, 0.3) is 0 Å². The number of ether oxygens (including phenoxy) is 1. The molecule has 2 N–H and O–H groups in total. The molecule has 1 heterocycles. The van der Waals surface area contributed by atoms with Crippen molar-refractivity contribution in [3.63, 3.8) is 0 Å². The van der Waals surface area contributed by atoms with Crippen molar-refractivity contribution in [1.82, 2.24) is 4.90 Å². The van der Waals surface area contributed by atoms with Crippen LogP contribution >= 0.6 is 28.3 Å². The van der Waals surface area contributed by atoms with E-state index in [1.807, 2.05) is 0 Å². The van der Waals surface area contributed by atoms with E-state index in [2.05, 4.69) is 20.8 Å². The molecule has 2 rings (SSSR count). The van der Waals surface area contributed by atoms with Crippen molar-refractivity contribution < 1.29 is 9.13 Å². The third-order valence-electron chi connectivity index (χ3n) is 3.22. The molecule has 1 aromatic carbocycles. The molecule has 0 amide bonds. The second-order valence-electron chi connectivity index (χ2n) is 4.64. The van der Waals surface area contributed by atoms with Crippen molar-refractivity contribution in [2.75, 3.05) is 32.8 Å². The van der Waals surface area contributed by atoms with Crippen molar-refractivity contribution in [1.29, 1.82) is 0 Å². The average molecular weight is 354 g/mol. The van der Waals surface area contributed by atoms with E-state index >= 15 is 0 Å². The smallest absolute Gasteiger partial charge is 0.128 e. The van der Waals surface area contributed by atoms with E-state index in [-0.39, 0.29) is 18.2 Å². The van der Waals surface area contributed by atoms with Gasteiger partial charge in [0.05, 0.1) is 0 Å². The predicted molar refractivity (Wildman–Crippen MR) is 80.4 cm³/mol. The SMILES string of the molecule is Cl.NCC1CCN(CCOc2cc(F)cc(Br)c2)C1. The fraction of sp³-hybridized carbons (Fsp3) is 0.538. The zero-order valence-electron chi connectivity index (χ0n) is 10.6. The lowest BCUT2D eigenvalue weighted by Gasteiger charge is -2.16. The maximum Gasteiger partial charge on any atom is 0.128 e. The topological polar surface area (TPSA) is 38.5 Å². The summed E-state index contributed by atoms with van der Waals surface area (Å²) in [5.41, 5.74) is 5.64. The highest BCUT2D eigenvalue weighted by Crippen LogP contribution is 2.21. The molecule has 1 fully saturated rings. The van der Waals surface area contributed by atoms with Gasteiger partial charge in [0.2, 0.25) is 0 Å². The Morgan fingerprint density at radius 2 is 2.21 bits per heavy atom. The molecule has 1 aliphatic rings. The Balaban J connectivity index is 0.00000180. The fourth-order valence-electron chi connectivity index (χ4n) is 2.21. The summed E-state index contributed by atoms with van der Waals surface area (Å²) in [5, 5.41) is 0. The maximum atomic E-state index is 13.1. The molecular weight excluding hydrogens is 335 g/mol. The summed E-state index contributed by atoms with van der Waals surface area (Å²) in [7, 11) is 0. The van der Waals surface area contributed by atoms with Gasteiger partial charge in [0.15, 0.2) is 0 Å². The van der Waals surface area contributed by atoms with E-state index in [0.29, 0.717) is 22.7 Å². The van der Waals surface area contributed by atoms with Gasteiger partial charge in [-0.1, -0.05) is 15.9 Å².